The summed E-state index contributed by atoms with van der Waals surface area (Å²) >= 11 is 0. The number of nitrogens with zero attached hydrogens (tertiary/aromatic N) is 2. The lowest BCUT2D eigenvalue weighted by atomic mass is 9.92. The largest absolute Gasteiger partial charge is 0.505 e. The highest BCUT2D eigenvalue weighted by Gasteiger charge is 2.39. The molecule has 184 valence electrons. The van der Waals surface area contributed by atoms with Crippen LogP contribution in [0, 0.1) is 0 Å². The number of anilines is 1. The third kappa shape index (κ3) is 4.85. The van der Waals surface area contributed by atoms with E-state index in [9.17, 15) is 24.6 Å². The molecular weight excluding hydrogens is 448 g/mol. The van der Waals surface area contributed by atoms with E-state index in [1.165, 1.54) is 13.0 Å². The van der Waals surface area contributed by atoms with Crippen LogP contribution >= 0.6 is 0 Å². The summed E-state index contributed by atoms with van der Waals surface area (Å²) in [6.45, 7) is 5.12. The maximum atomic E-state index is 13.0. The predicted octanol–water partition coefficient (Wildman–Crippen LogP) is 2.00. The first-order valence-corrected chi connectivity index (χ1v) is 11.7. The zero-order valence-electron chi connectivity index (χ0n) is 19.8. The van der Waals surface area contributed by atoms with Crippen molar-refractivity contribution in [3.8, 4) is 5.75 Å². The fraction of sp³-hybridized carbons (Fsp3) is 0.346. The molecule has 2 aromatic rings. The van der Waals surface area contributed by atoms with Gasteiger partial charge in [0.25, 0.3) is 5.91 Å². The van der Waals surface area contributed by atoms with Crippen LogP contribution in [0.5, 0.6) is 5.75 Å². The van der Waals surface area contributed by atoms with E-state index in [4.69, 9.17) is 0 Å². The minimum Gasteiger partial charge on any atom is -0.505 e. The van der Waals surface area contributed by atoms with Gasteiger partial charge in [0.1, 0.15) is 5.70 Å². The second-order valence-corrected chi connectivity index (χ2v) is 8.70. The number of ketones is 1. The minimum absolute atomic E-state index is 0.0324. The molecule has 1 aliphatic heterocycles. The summed E-state index contributed by atoms with van der Waals surface area (Å²) in [5.41, 5.74) is 1.84. The molecule has 0 spiro atoms. The molecule has 9 heteroatoms. The first kappa shape index (κ1) is 24.3. The standard InChI is InChI=1S/C26H30N4O5/c1-3-19(17-8-5-4-6-9-17)27-21-22(25(34)24(21)33)28-20-11-7-10-18(23(20)32)26(35)30-14-12-29(13-15-30)16(2)31/h4-11,19,25,27-28,32,34H,3,12-15H2,1-2H3/t19-,25?/m1/s1. The molecule has 1 heterocycles. The van der Waals surface area contributed by atoms with Crippen molar-refractivity contribution in [1.29, 1.82) is 0 Å². The molecule has 0 saturated carbocycles. The number of phenolic OH excluding ortho intramolecular Hbond substituents is 1. The monoisotopic (exact) mass is 478 g/mol. The maximum Gasteiger partial charge on any atom is 0.257 e. The number of benzene rings is 2. The number of Topliss-reactive ketones (excluding diaryl/α,β-unsaturated/α-hetero) is 1. The number of aliphatic hydroxyl groups excluding tert-OH is 1. The number of aromatic hydroxyl groups is 1. The number of hydrogen-bond donors (Lipinski definition) is 4. The number of phenols is 1. The summed E-state index contributed by atoms with van der Waals surface area (Å²) in [5.74, 6) is -1.08. The lowest BCUT2D eigenvalue weighted by Crippen LogP contribution is -2.50. The third-order valence-electron chi connectivity index (χ3n) is 6.51. The molecule has 1 unspecified atom stereocenters. The molecule has 2 aliphatic rings. The van der Waals surface area contributed by atoms with Crippen LogP contribution in [0.25, 0.3) is 0 Å². The molecular formula is C26H30N4O5. The van der Waals surface area contributed by atoms with Crippen LogP contribution in [0.3, 0.4) is 0 Å². The fourth-order valence-electron chi connectivity index (χ4n) is 4.38. The molecule has 0 radical (unpaired) electrons. The third-order valence-corrected chi connectivity index (χ3v) is 6.51. The average Bonchev–Trinajstić information content (AvgIpc) is 2.89. The molecule has 35 heavy (non-hydrogen) atoms. The fourth-order valence-corrected chi connectivity index (χ4v) is 4.38. The normalized spacial score (nSPS) is 18.7. The number of piperazine rings is 1. The molecule has 0 bridgehead atoms. The van der Waals surface area contributed by atoms with Crippen molar-refractivity contribution < 1.29 is 24.6 Å². The Bertz CT molecular complexity index is 1160. The van der Waals surface area contributed by atoms with E-state index in [0.29, 0.717) is 26.2 Å². The number of aliphatic hydroxyl groups is 1. The smallest absolute Gasteiger partial charge is 0.257 e. The van der Waals surface area contributed by atoms with Crippen LogP contribution in [0.1, 0.15) is 42.2 Å². The summed E-state index contributed by atoms with van der Waals surface area (Å²) in [5, 5.41) is 27.3. The molecule has 2 atom stereocenters. The first-order valence-electron chi connectivity index (χ1n) is 11.7. The van der Waals surface area contributed by atoms with Gasteiger partial charge in [0.2, 0.25) is 11.7 Å². The van der Waals surface area contributed by atoms with Crippen LogP contribution in [0.4, 0.5) is 5.69 Å². The van der Waals surface area contributed by atoms with Gasteiger partial charge in [-0.05, 0) is 24.1 Å². The van der Waals surface area contributed by atoms with Gasteiger partial charge in [0.15, 0.2) is 11.9 Å². The number of carbonyl (C=O) groups excluding carboxylic acids is 3. The molecule has 1 saturated heterocycles. The second-order valence-electron chi connectivity index (χ2n) is 8.70. The topological polar surface area (TPSA) is 122 Å². The Morgan fingerprint density at radius 1 is 1.03 bits per heavy atom. The second kappa shape index (κ2) is 10.2. The molecule has 4 N–H and O–H groups in total. The molecule has 0 aromatic heterocycles. The Balaban J connectivity index is 1.53. The van der Waals surface area contributed by atoms with Gasteiger partial charge in [-0.2, -0.15) is 0 Å². The lowest BCUT2D eigenvalue weighted by molar-refractivity contribution is -0.130. The molecule has 2 aromatic carbocycles. The molecule has 9 nitrogen and oxygen atoms in total. The van der Waals surface area contributed by atoms with Crippen LogP contribution in [-0.4, -0.2) is 69.9 Å². The van der Waals surface area contributed by atoms with Crippen molar-refractivity contribution in [3.63, 3.8) is 0 Å². The van der Waals surface area contributed by atoms with Crippen LogP contribution < -0.4 is 10.6 Å². The summed E-state index contributed by atoms with van der Waals surface area (Å²) in [6, 6.07) is 14.3. The van der Waals surface area contributed by atoms with E-state index >= 15 is 0 Å². The minimum atomic E-state index is -1.34. The Morgan fingerprint density at radius 2 is 1.69 bits per heavy atom. The lowest BCUT2D eigenvalue weighted by Gasteiger charge is -2.34. The molecule has 4 rings (SSSR count). The molecule has 1 aliphatic carbocycles. The SMILES string of the molecule is CC[C@@H](NC1=C(Nc2cccc(C(=O)N3CCN(C(C)=O)CC3)c2O)C(O)C1=O)c1ccccc1. The quantitative estimate of drug-likeness (QED) is 0.449. The zero-order chi connectivity index (χ0) is 25.1. The van der Waals surface area contributed by atoms with Crippen molar-refractivity contribution in [2.24, 2.45) is 0 Å². The first-order chi connectivity index (χ1) is 16.8. The highest BCUT2D eigenvalue weighted by Crippen LogP contribution is 2.34. The zero-order valence-corrected chi connectivity index (χ0v) is 19.8. The summed E-state index contributed by atoms with van der Waals surface area (Å²) in [4.78, 5) is 40.3. The highest BCUT2D eigenvalue weighted by molar-refractivity contribution is 6.09. The van der Waals surface area contributed by atoms with Gasteiger partial charge in [-0.15, -0.1) is 0 Å². The van der Waals surface area contributed by atoms with Crippen LogP contribution in [-0.2, 0) is 9.59 Å². The van der Waals surface area contributed by atoms with E-state index < -0.39 is 11.9 Å². The maximum absolute atomic E-state index is 13.0. The summed E-state index contributed by atoms with van der Waals surface area (Å²) in [7, 11) is 0. The van der Waals surface area contributed by atoms with E-state index in [1.807, 2.05) is 37.3 Å². The Labute approximate surface area is 204 Å². The molecule has 2 amide bonds. The Kier molecular flexibility index (Phi) is 7.07. The van der Waals surface area contributed by atoms with E-state index in [2.05, 4.69) is 10.6 Å². The number of carbonyl (C=O) groups is 3. The molecule has 1 fully saturated rings. The summed E-state index contributed by atoms with van der Waals surface area (Å²) in [6.07, 6.45) is -0.625. The van der Waals surface area contributed by atoms with Crippen LogP contribution in [0.2, 0.25) is 0 Å². The van der Waals surface area contributed by atoms with E-state index in [1.54, 1.807) is 21.9 Å². The Morgan fingerprint density at radius 3 is 2.31 bits per heavy atom. The number of rotatable bonds is 7. The van der Waals surface area contributed by atoms with Gasteiger partial charge < -0.3 is 30.6 Å². The van der Waals surface area contributed by atoms with Gasteiger partial charge in [0.05, 0.1) is 23.0 Å². The Hall–Kier alpha value is -3.85. The average molecular weight is 479 g/mol. The van der Waals surface area contributed by atoms with Crippen molar-refractivity contribution in [3.05, 3.63) is 71.1 Å². The van der Waals surface area contributed by atoms with Crippen LogP contribution in [0.15, 0.2) is 59.9 Å². The van der Waals surface area contributed by atoms with Gasteiger partial charge in [-0.25, -0.2) is 0 Å². The van der Waals surface area contributed by atoms with E-state index in [-0.39, 0.29) is 46.3 Å². The summed E-state index contributed by atoms with van der Waals surface area (Å²) < 4.78 is 0. The number of amides is 2. The predicted molar refractivity (Wildman–Crippen MR) is 131 cm³/mol. The number of nitrogens with one attached hydrogen (secondary N) is 2. The van der Waals surface area contributed by atoms with Crippen molar-refractivity contribution >= 4 is 23.3 Å². The van der Waals surface area contributed by atoms with Gasteiger partial charge >= 0.3 is 0 Å². The van der Waals surface area contributed by atoms with Crippen molar-refractivity contribution in [1.82, 2.24) is 15.1 Å². The van der Waals surface area contributed by atoms with Gasteiger partial charge in [-0.1, -0.05) is 43.3 Å². The van der Waals surface area contributed by atoms with Gasteiger partial charge in [-0.3, -0.25) is 14.4 Å². The van der Waals surface area contributed by atoms with Gasteiger partial charge in [0, 0.05) is 33.1 Å². The number of para-hydroxylation sites is 1. The van der Waals surface area contributed by atoms with Crippen molar-refractivity contribution in [2.45, 2.75) is 32.4 Å². The highest BCUT2D eigenvalue weighted by atomic mass is 16.3. The van der Waals surface area contributed by atoms with Crippen molar-refractivity contribution in [2.75, 3.05) is 31.5 Å². The van der Waals surface area contributed by atoms with E-state index in [0.717, 1.165) is 12.0 Å². The number of hydrogen-bond acceptors (Lipinski definition) is 7.